The fourth-order valence-corrected chi connectivity index (χ4v) is 1.50. The van der Waals surface area contributed by atoms with Crippen molar-refractivity contribution in [3.8, 4) is 0 Å². The number of methoxy groups -OCH3 is 1. The van der Waals surface area contributed by atoms with Crippen LogP contribution in [-0.2, 0) is 16.9 Å². The Morgan fingerprint density at radius 3 is 2.44 bits per heavy atom. The highest BCUT2D eigenvalue weighted by atomic mass is 16.5. The molecule has 4 nitrogen and oxygen atoms in total. The maximum absolute atomic E-state index is 5.53. The van der Waals surface area contributed by atoms with Crippen LogP contribution in [0.2, 0.25) is 0 Å². The van der Waals surface area contributed by atoms with Gasteiger partial charge in [0.1, 0.15) is 5.60 Å². The highest BCUT2D eigenvalue weighted by molar-refractivity contribution is 5.08. The minimum absolute atomic E-state index is 0.0838. The summed E-state index contributed by atoms with van der Waals surface area (Å²) < 4.78 is 5.53. The van der Waals surface area contributed by atoms with Gasteiger partial charge in [0.15, 0.2) is 5.82 Å². The summed E-state index contributed by atoms with van der Waals surface area (Å²) >= 11 is 0. The van der Waals surface area contributed by atoms with Gasteiger partial charge >= 0.3 is 0 Å². The van der Waals surface area contributed by atoms with Crippen molar-refractivity contribution in [2.75, 3.05) is 7.11 Å². The van der Waals surface area contributed by atoms with E-state index < -0.39 is 5.60 Å². The average Bonchev–Trinajstić information content (AvgIpc) is 2.35. The molecular weight excluding hydrogens is 226 g/mol. The van der Waals surface area contributed by atoms with Crippen LogP contribution in [0.1, 0.15) is 52.6 Å². The van der Waals surface area contributed by atoms with Crippen LogP contribution in [0.5, 0.6) is 0 Å². The molecule has 102 valence electrons. The van der Waals surface area contributed by atoms with E-state index >= 15 is 0 Å². The number of hydrogen-bond acceptors (Lipinski definition) is 4. The molecule has 0 bridgehead atoms. The first kappa shape index (κ1) is 15.1. The standard InChI is InChI=1S/C14H25N3O/c1-7-14(5,18-6)12-15-9-8-11(17-12)10-16-13(2,3)4/h8-9,16H,7,10H2,1-6H3. The summed E-state index contributed by atoms with van der Waals surface area (Å²) in [5.41, 5.74) is 0.671. The largest absolute Gasteiger partial charge is 0.371 e. The van der Waals surface area contributed by atoms with Gasteiger partial charge in [0.2, 0.25) is 0 Å². The molecule has 1 aromatic heterocycles. The van der Waals surface area contributed by atoms with E-state index in [1.807, 2.05) is 13.0 Å². The molecule has 1 atom stereocenters. The number of nitrogens with zero attached hydrogens (tertiary/aromatic N) is 2. The van der Waals surface area contributed by atoms with Crippen LogP contribution in [0.4, 0.5) is 0 Å². The van der Waals surface area contributed by atoms with Crippen molar-refractivity contribution in [3.05, 3.63) is 23.8 Å². The van der Waals surface area contributed by atoms with Crippen molar-refractivity contribution in [3.63, 3.8) is 0 Å². The Balaban J connectivity index is 2.86. The number of nitrogens with one attached hydrogen (secondary N) is 1. The molecule has 1 rings (SSSR count). The molecule has 0 spiro atoms. The molecule has 0 fully saturated rings. The van der Waals surface area contributed by atoms with Gasteiger partial charge in [-0.3, -0.25) is 0 Å². The van der Waals surface area contributed by atoms with Gasteiger partial charge in [0, 0.05) is 25.4 Å². The highest BCUT2D eigenvalue weighted by Gasteiger charge is 2.27. The third-order valence-electron chi connectivity index (χ3n) is 3.11. The van der Waals surface area contributed by atoms with Crippen LogP contribution < -0.4 is 5.32 Å². The second-order valence-electron chi connectivity index (χ2n) is 5.76. The lowest BCUT2D eigenvalue weighted by Crippen LogP contribution is -2.35. The van der Waals surface area contributed by atoms with Crippen LogP contribution >= 0.6 is 0 Å². The lowest BCUT2D eigenvalue weighted by molar-refractivity contribution is -0.00918. The van der Waals surface area contributed by atoms with Gasteiger partial charge in [-0.25, -0.2) is 9.97 Å². The minimum Gasteiger partial charge on any atom is -0.371 e. The molecule has 0 aliphatic heterocycles. The molecule has 0 aliphatic carbocycles. The topological polar surface area (TPSA) is 47.0 Å². The van der Waals surface area contributed by atoms with E-state index in [1.165, 1.54) is 0 Å². The van der Waals surface area contributed by atoms with Gasteiger partial charge in [-0.2, -0.15) is 0 Å². The van der Waals surface area contributed by atoms with Gasteiger partial charge in [-0.1, -0.05) is 6.92 Å². The first-order chi connectivity index (χ1) is 8.30. The van der Waals surface area contributed by atoms with E-state index in [1.54, 1.807) is 13.3 Å². The number of hydrogen-bond donors (Lipinski definition) is 1. The molecule has 0 saturated carbocycles. The van der Waals surface area contributed by atoms with Gasteiger partial charge in [-0.05, 0) is 40.2 Å². The number of aromatic nitrogens is 2. The van der Waals surface area contributed by atoms with Crippen molar-refractivity contribution in [1.29, 1.82) is 0 Å². The SMILES string of the molecule is CCC(C)(OC)c1nccc(CNC(C)(C)C)n1. The van der Waals surface area contributed by atoms with Crippen LogP contribution in [0, 0.1) is 0 Å². The number of rotatable bonds is 5. The zero-order chi connectivity index (χ0) is 13.8. The lowest BCUT2D eigenvalue weighted by atomic mass is 10.0. The van der Waals surface area contributed by atoms with E-state index in [0.717, 1.165) is 24.5 Å². The molecule has 0 saturated heterocycles. The molecule has 0 amide bonds. The molecule has 0 aliphatic rings. The van der Waals surface area contributed by atoms with Gasteiger partial charge in [-0.15, -0.1) is 0 Å². The molecule has 18 heavy (non-hydrogen) atoms. The van der Waals surface area contributed by atoms with Crippen molar-refractivity contribution >= 4 is 0 Å². The lowest BCUT2D eigenvalue weighted by Gasteiger charge is -2.25. The normalized spacial score (nSPS) is 15.4. The van der Waals surface area contributed by atoms with E-state index in [0.29, 0.717) is 0 Å². The summed E-state index contributed by atoms with van der Waals surface area (Å²) in [6, 6.07) is 1.94. The summed E-state index contributed by atoms with van der Waals surface area (Å²) in [5.74, 6) is 0.751. The van der Waals surface area contributed by atoms with Crippen LogP contribution in [0.3, 0.4) is 0 Å². The first-order valence-electron chi connectivity index (χ1n) is 6.43. The summed E-state index contributed by atoms with van der Waals surface area (Å²) in [5, 5.41) is 3.42. The van der Waals surface area contributed by atoms with Crippen molar-refractivity contribution in [1.82, 2.24) is 15.3 Å². The van der Waals surface area contributed by atoms with E-state index in [-0.39, 0.29) is 5.54 Å². The zero-order valence-corrected chi connectivity index (χ0v) is 12.4. The fourth-order valence-electron chi connectivity index (χ4n) is 1.50. The molecule has 1 heterocycles. The molecule has 1 aromatic rings. The van der Waals surface area contributed by atoms with Crippen molar-refractivity contribution in [2.24, 2.45) is 0 Å². The van der Waals surface area contributed by atoms with Gasteiger partial charge < -0.3 is 10.1 Å². The maximum Gasteiger partial charge on any atom is 0.160 e. The van der Waals surface area contributed by atoms with E-state index in [9.17, 15) is 0 Å². The molecule has 0 radical (unpaired) electrons. The maximum atomic E-state index is 5.53. The van der Waals surface area contributed by atoms with Gasteiger partial charge in [0.25, 0.3) is 0 Å². The van der Waals surface area contributed by atoms with E-state index in [2.05, 4.69) is 43.0 Å². The smallest absolute Gasteiger partial charge is 0.160 e. The predicted octanol–water partition coefficient (Wildman–Crippen LogP) is 2.64. The minimum atomic E-state index is -0.405. The summed E-state index contributed by atoms with van der Waals surface area (Å²) in [7, 11) is 1.70. The average molecular weight is 251 g/mol. The Morgan fingerprint density at radius 2 is 1.94 bits per heavy atom. The fraction of sp³-hybridized carbons (Fsp3) is 0.714. The van der Waals surface area contributed by atoms with Crippen LogP contribution in [0.25, 0.3) is 0 Å². The second-order valence-corrected chi connectivity index (χ2v) is 5.76. The molecule has 1 N–H and O–H groups in total. The Morgan fingerprint density at radius 1 is 1.28 bits per heavy atom. The molecule has 1 unspecified atom stereocenters. The van der Waals surface area contributed by atoms with E-state index in [4.69, 9.17) is 4.74 Å². The molecule has 0 aromatic carbocycles. The number of ether oxygens (including phenoxy) is 1. The quantitative estimate of drug-likeness (QED) is 0.874. The molecular formula is C14H25N3O. The zero-order valence-electron chi connectivity index (χ0n) is 12.4. The summed E-state index contributed by atoms with van der Waals surface area (Å²) in [6.07, 6.45) is 2.65. The Labute approximate surface area is 110 Å². The Hall–Kier alpha value is -1.00. The third kappa shape index (κ3) is 4.03. The monoisotopic (exact) mass is 251 g/mol. The summed E-state index contributed by atoms with van der Waals surface area (Å²) in [6.45, 7) is 11.3. The Kier molecular flexibility index (Phi) is 4.82. The first-order valence-corrected chi connectivity index (χ1v) is 6.43. The third-order valence-corrected chi connectivity index (χ3v) is 3.11. The Bertz CT molecular complexity index is 381. The predicted molar refractivity (Wildman–Crippen MR) is 73.3 cm³/mol. The summed E-state index contributed by atoms with van der Waals surface area (Å²) in [4.78, 5) is 8.92. The van der Waals surface area contributed by atoms with Gasteiger partial charge in [0.05, 0.1) is 5.69 Å². The van der Waals surface area contributed by atoms with Crippen molar-refractivity contribution < 1.29 is 4.74 Å². The van der Waals surface area contributed by atoms with Crippen LogP contribution in [-0.4, -0.2) is 22.6 Å². The van der Waals surface area contributed by atoms with Crippen LogP contribution in [0.15, 0.2) is 12.3 Å². The van der Waals surface area contributed by atoms with Crippen molar-refractivity contribution in [2.45, 2.75) is 58.7 Å². The second kappa shape index (κ2) is 5.76. The highest BCUT2D eigenvalue weighted by Crippen LogP contribution is 2.24. The molecule has 4 heteroatoms.